The first-order valence-electron chi connectivity index (χ1n) is 1.88. The third kappa shape index (κ3) is 6.22. The van der Waals surface area contributed by atoms with Gasteiger partial charge < -0.3 is 0 Å². The molecule has 0 heterocycles. The van der Waals surface area contributed by atoms with Crippen molar-refractivity contribution >= 4 is 8.58 Å². The number of alkyl halides is 3. The maximum atomic E-state index is 11.1. The summed E-state index contributed by atoms with van der Waals surface area (Å²) in [7, 11) is -0.876. The van der Waals surface area contributed by atoms with Crippen molar-refractivity contribution in [1.29, 1.82) is 0 Å². The van der Waals surface area contributed by atoms with Crippen molar-refractivity contribution < 1.29 is 13.2 Å². The Morgan fingerprint density at radius 2 is 1.86 bits per heavy atom. The Kier molecular flexibility index (Phi) is 2.59. The van der Waals surface area contributed by atoms with E-state index < -0.39 is 14.5 Å². The molecule has 0 aromatic heterocycles. The van der Waals surface area contributed by atoms with Gasteiger partial charge in [0.1, 0.15) is 0 Å². The smallest absolute Gasteiger partial charge is 0.167 e. The van der Waals surface area contributed by atoms with E-state index in [1.807, 2.05) is 0 Å². The SMILES string of the molecule is CCPC(F)(F)F. The second-order valence-corrected chi connectivity index (χ2v) is 2.66. The van der Waals surface area contributed by atoms with E-state index in [9.17, 15) is 13.2 Å². The zero-order chi connectivity index (χ0) is 5.91. The van der Waals surface area contributed by atoms with Crippen LogP contribution in [-0.4, -0.2) is 12.1 Å². The van der Waals surface area contributed by atoms with Crippen LogP contribution in [-0.2, 0) is 0 Å². The molecule has 1 atom stereocenters. The Morgan fingerprint density at radius 3 is 1.86 bits per heavy atom. The molecular weight excluding hydrogens is 124 g/mol. The summed E-state index contributed by atoms with van der Waals surface area (Å²) in [4.78, 5) is 0. The molecule has 0 aromatic rings. The number of rotatable bonds is 1. The van der Waals surface area contributed by atoms with E-state index in [2.05, 4.69) is 0 Å². The van der Waals surface area contributed by atoms with Crippen molar-refractivity contribution in [1.82, 2.24) is 0 Å². The topological polar surface area (TPSA) is 0 Å². The van der Waals surface area contributed by atoms with Gasteiger partial charge in [0, 0.05) is 0 Å². The van der Waals surface area contributed by atoms with Crippen LogP contribution in [0.4, 0.5) is 13.2 Å². The Bertz CT molecular complexity index is 48.6. The van der Waals surface area contributed by atoms with Crippen LogP contribution in [0.3, 0.4) is 0 Å². The quantitative estimate of drug-likeness (QED) is 0.477. The molecule has 4 heteroatoms. The van der Waals surface area contributed by atoms with E-state index >= 15 is 0 Å². The molecule has 0 radical (unpaired) electrons. The van der Waals surface area contributed by atoms with Crippen LogP contribution in [0.1, 0.15) is 6.92 Å². The molecule has 7 heavy (non-hydrogen) atoms. The fourth-order valence-corrected chi connectivity index (χ4v) is 0.601. The molecule has 44 valence electrons. The normalized spacial score (nSPS) is 13.7. The van der Waals surface area contributed by atoms with Gasteiger partial charge in [-0.3, -0.25) is 0 Å². The lowest BCUT2D eigenvalue weighted by Crippen LogP contribution is -1.96. The second kappa shape index (κ2) is 2.51. The summed E-state index contributed by atoms with van der Waals surface area (Å²) in [5.41, 5.74) is 0. The molecule has 0 fully saturated rings. The van der Waals surface area contributed by atoms with Crippen LogP contribution in [0.25, 0.3) is 0 Å². The average Bonchev–Trinajstić information content (AvgIpc) is 1.30. The van der Waals surface area contributed by atoms with Crippen LogP contribution in [0.2, 0.25) is 0 Å². The standard InChI is InChI=1S/C3H6F3P/c1-2-7-3(4,5)6/h7H,2H2,1H3. The molecule has 0 aliphatic carbocycles. The largest absolute Gasteiger partial charge is 0.402 e. The van der Waals surface area contributed by atoms with Crippen molar-refractivity contribution in [2.24, 2.45) is 0 Å². The molecule has 0 saturated heterocycles. The van der Waals surface area contributed by atoms with Crippen molar-refractivity contribution in [3.63, 3.8) is 0 Å². The molecular formula is C3H6F3P. The lowest BCUT2D eigenvalue weighted by molar-refractivity contribution is -0.0369. The van der Waals surface area contributed by atoms with Crippen LogP contribution in [0.15, 0.2) is 0 Å². The predicted molar refractivity (Wildman–Crippen MR) is 24.9 cm³/mol. The fourth-order valence-electron chi connectivity index (χ4n) is 0.200. The Morgan fingerprint density at radius 1 is 1.43 bits per heavy atom. The average molecular weight is 130 g/mol. The first-order valence-corrected chi connectivity index (χ1v) is 3.08. The highest BCUT2D eigenvalue weighted by atomic mass is 31.1. The lowest BCUT2D eigenvalue weighted by atomic mass is 11.0. The first-order chi connectivity index (χ1) is 3.06. The zero-order valence-electron chi connectivity index (χ0n) is 3.84. The Labute approximate surface area is 41.9 Å². The van der Waals surface area contributed by atoms with Gasteiger partial charge in [0.05, 0.1) is 0 Å². The third-order valence-electron chi connectivity index (χ3n) is 0.377. The van der Waals surface area contributed by atoms with Gasteiger partial charge in [-0.15, -0.1) is 0 Å². The van der Waals surface area contributed by atoms with Crippen LogP contribution >= 0.6 is 8.58 Å². The third-order valence-corrected chi connectivity index (χ3v) is 1.13. The minimum absolute atomic E-state index is 0.212. The van der Waals surface area contributed by atoms with Gasteiger partial charge >= 0.3 is 5.92 Å². The molecule has 0 amide bonds. The monoisotopic (exact) mass is 130 g/mol. The van der Waals surface area contributed by atoms with E-state index in [4.69, 9.17) is 0 Å². The van der Waals surface area contributed by atoms with E-state index in [0.29, 0.717) is 0 Å². The first kappa shape index (κ1) is 7.22. The summed E-state index contributed by atoms with van der Waals surface area (Å²) >= 11 is 0. The minimum atomic E-state index is -3.92. The van der Waals surface area contributed by atoms with Crippen molar-refractivity contribution in [3.8, 4) is 0 Å². The van der Waals surface area contributed by atoms with Crippen molar-refractivity contribution in [2.45, 2.75) is 12.8 Å². The molecule has 0 N–H and O–H groups in total. The van der Waals surface area contributed by atoms with Gasteiger partial charge in [0.2, 0.25) is 0 Å². The molecule has 1 unspecified atom stereocenters. The van der Waals surface area contributed by atoms with Gasteiger partial charge in [-0.2, -0.15) is 13.2 Å². The molecule has 0 spiro atoms. The minimum Gasteiger partial charge on any atom is -0.167 e. The molecule has 0 saturated carbocycles. The van der Waals surface area contributed by atoms with Crippen molar-refractivity contribution in [3.05, 3.63) is 0 Å². The van der Waals surface area contributed by atoms with Gasteiger partial charge in [0.25, 0.3) is 0 Å². The highest BCUT2D eigenvalue weighted by Crippen LogP contribution is 2.35. The fraction of sp³-hybridized carbons (Fsp3) is 1.00. The summed E-state index contributed by atoms with van der Waals surface area (Å²) in [6.07, 6.45) is 0.212. The van der Waals surface area contributed by atoms with E-state index in [0.717, 1.165) is 0 Å². The van der Waals surface area contributed by atoms with E-state index in [1.165, 1.54) is 6.92 Å². The Hall–Kier alpha value is 0.220. The number of hydrogen-bond donors (Lipinski definition) is 0. The van der Waals surface area contributed by atoms with Gasteiger partial charge in [-0.05, 0) is 14.7 Å². The Balaban J connectivity index is 3.15. The van der Waals surface area contributed by atoms with Crippen LogP contribution in [0, 0.1) is 0 Å². The molecule has 0 rings (SSSR count). The highest BCUT2D eigenvalue weighted by molar-refractivity contribution is 7.39. The lowest BCUT2D eigenvalue weighted by Gasteiger charge is -2.00. The summed E-state index contributed by atoms with van der Waals surface area (Å²) in [6, 6.07) is 0. The summed E-state index contributed by atoms with van der Waals surface area (Å²) < 4.78 is 33.2. The zero-order valence-corrected chi connectivity index (χ0v) is 4.84. The van der Waals surface area contributed by atoms with Gasteiger partial charge in [-0.1, -0.05) is 6.92 Å². The summed E-state index contributed by atoms with van der Waals surface area (Å²) in [6.45, 7) is 1.52. The van der Waals surface area contributed by atoms with E-state index in [1.54, 1.807) is 0 Å². The van der Waals surface area contributed by atoms with Crippen LogP contribution < -0.4 is 0 Å². The molecule has 0 aromatic carbocycles. The summed E-state index contributed by atoms with van der Waals surface area (Å²) in [5.74, 6) is -3.92. The molecule has 0 bridgehead atoms. The van der Waals surface area contributed by atoms with Crippen molar-refractivity contribution in [2.75, 3.05) is 6.16 Å². The summed E-state index contributed by atoms with van der Waals surface area (Å²) in [5, 5.41) is 0. The number of hydrogen-bond acceptors (Lipinski definition) is 0. The molecule has 0 aliphatic rings. The second-order valence-electron chi connectivity index (χ2n) is 1.03. The maximum Gasteiger partial charge on any atom is 0.402 e. The van der Waals surface area contributed by atoms with E-state index in [-0.39, 0.29) is 6.16 Å². The van der Waals surface area contributed by atoms with Gasteiger partial charge in [0.15, 0.2) is 0 Å². The predicted octanol–water partition coefficient (Wildman–Crippen LogP) is 2.20. The molecule has 0 aliphatic heterocycles. The highest BCUT2D eigenvalue weighted by Gasteiger charge is 2.24. The molecule has 0 nitrogen and oxygen atoms in total. The van der Waals surface area contributed by atoms with Crippen LogP contribution in [0.5, 0.6) is 0 Å². The number of halogens is 3. The maximum absolute atomic E-state index is 11.1. The van der Waals surface area contributed by atoms with Gasteiger partial charge in [-0.25, -0.2) is 0 Å².